The molecule has 0 radical (unpaired) electrons. The maximum absolute atomic E-state index is 12.6. The number of nitrogens with zero attached hydrogens (tertiary/aromatic N) is 1. The fraction of sp³-hybridized carbons (Fsp3) is 0.500. The molecule has 114 valence electrons. The van der Waals surface area contributed by atoms with Crippen LogP contribution in [-0.2, 0) is 20.6 Å². The van der Waals surface area contributed by atoms with Gasteiger partial charge in [-0.05, 0) is 37.0 Å². The number of aliphatic carboxylic acids is 1. The topological polar surface area (TPSA) is 74.7 Å². The zero-order valence-electron chi connectivity index (χ0n) is 11.3. The van der Waals surface area contributed by atoms with E-state index in [1.54, 1.807) is 24.3 Å². The number of benzene rings is 1. The second kappa shape index (κ2) is 5.26. The second-order valence-electron chi connectivity index (χ2n) is 5.70. The van der Waals surface area contributed by atoms with Crippen molar-refractivity contribution in [1.29, 1.82) is 0 Å². The molecule has 1 aromatic rings. The molecule has 3 atom stereocenters. The number of sulfonamides is 1. The van der Waals surface area contributed by atoms with Crippen LogP contribution in [0.1, 0.15) is 24.8 Å². The third kappa shape index (κ3) is 2.67. The summed E-state index contributed by atoms with van der Waals surface area (Å²) in [5.41, 5.74) is 0.626. The minimum atomic E-state index is -3.52. The molecule has 3 unspecified atom stereocenters. The van der Waals surface area contributed by atoms with E-state index in [0.717, 1.165) is 6.42 Å². The summed E-state index contributed by atoms with van der Waals surface area (Å²) < 4.78 is 26.7. The summed E-state index contributed by atoms with van der Waals surface area (Å²) in [6.07, 6.45) is 1.81. The summed E-state index contributed by atoms with van der Waals surface area (Å²) in [5.74, 6) is -1.60. The van der Waals surface area contributed by atoms with Crippen LogP contribution in [0.4, 0.5) is 0 Å². The van der Waals surface area contributed by atoms with Crippen LogP contribution >= 0.6 is 11.6 Å². The van der Waals surface area contributed by atoms with Crippen molar-refractivity contribution in [3.05, 3.63) is 34.9 Å². The van der Waals surface area contributed by atoms with Crippen LogP contribution in [0.25, 0.3) is 0 Å². The van der Waals surface area contributed by atoms with Crippen LogP contribution in [0.5, 0.6) is 0 Å². The van der Waals surface area contributed by atoms with E-state index in [9.17, 15) is 18.3 Å². The molecule has 0 spiro atoms. The van der Waals surface area contributed by atoms with Crippen molar-refractivity contribution in [2.75, 3.05) is 0 Å². The predicted octanol–water partition coefficient (Wildman–Crippen LogP) is 2.11. The Morgan fingerprint density at radius 3 is 2.76 bits per heavy atom. The van der Waals surface area contributed by atoms with E-state index in [-0.39, 0.29) is 11.8 Å². The van der Waals surface area contributed by atoms with E-state index >= 15 is 0 Å². The van der Waals surface area contributed by atoms with E-state index in [1.165, 1.54) is 4.31 Å². The Labute approximate surface area is 128 Å². The normalized spacial score (nSPS) is 28.9. The van der Waals surface area contributed by atoms with Crippen LogP contribution in [0.3, 0.4) is 0 Å². The van der Waals surface area contributed by atoms with Gasteiger partial charge in [0.15, 0.2) is 0 Å². The monoisotopic (exact) mass is 329 g/mol. The zero-order chi connectivity index (χ0) is 15.2. The lowest BCUT2D eigenvalue weighted by Gasteiger charge is -2.22. The van der Waals surface area contributed by atoms with Crippen molar-refractivity contribution in [3.8, 4) is 0 Å². The highest BCUT2D eigenvalue weighted by Crippen LogP contribution is 2.44. The van der Waals surface area contributed by atoms with Gasteiger partial charge in [0.25, 0.3) is 0 Å². The first-order chi connectivity index (χ1) is 9.88. The molecule has 3 rings (SSSR count). The molecule has 1 aromatic carbocycles. The van der Waals surface area contributed by atoms with Gasteiger partial charge in [0.1, 0.15) is 0 Å². The van der Waals surface area contributed by atoms with Gasteiger partial charge in [-0.1, -0.05) is 23.7 Å². The standard InChI is InChI=1S/C14H16ClNO4S/c15-10-3-1-2-9(6-10)8-21(19,20)16-11-4-5-13(16)12(7-11)14(17)18/h1-3,6,11-13H,4-5,7-8H2,(H,17,18). The Kier molecular flexibility index (Phi) is 3.71. The van der Waals surface area contributed by atoms with Gasteiger partial charge in [0, 0.05) is 17.1 Å². The summed E-state index contributed by atoms with van der Waals surface area (Å²) in [4.78, 5) is 11.2. The van der Waals surface area contributed by atoms with E-state index in [2.05, 4.69) is 0 Å². The number of fused-ring (bicyclic) bond motifs is 2. The van der Waals surface area contributed by atoms with Gasteiger partial charge in [0.2, 0.25) is 10.0 Å². The second-order valence-corrected chi connectivity index (χ2v) is 8.01. The average Bonchev–Trinajstić information content (AvgIpc) is 2.96. The quantitative estimate of drug-likeness (QED) is 0.918. The van der Waals surface area contributed by atoms with Crippen LogP contribution in [0, 0.1) is 5.92 Å². The summed E-state index contributed by atoms with van der Waals surface area (Å²) >= 11 is 5.88. The lowest BCUT2D eigenvalue weighted by molar-refractivity contribution is -0.142. The van der Waals surface area contributed by atoms with Crippen molar-refractivity contribution in [1.82, 2.24) is 4.31 Å². The maximum Gasteiger partial charge on any atom is 0.308 e. The molecule has 1 N–H and O–H groups in total. The predicted molar refractivity (Wildman–Crippen MR) is 78.5 cm³/mol. The molecule has 0 saturated carbocycles. The van der Waals surface area contributed by atoms with E-state index < -0.39 is 28.0 Å². The van der Waals surface area contributed by atoms with E-state index in [1.807, 2.05) is 0 Å². The molecule has 7 heteroatoms. The molecule has 2 fully saturated rings. The number of carboxylic acids is 1. The molecule has 2 saturated heterocycles. The Morgan fingerprint density at radius 1 is 1.38 bits per heavy atom. The van der Waals surface area contributed by atoms with Gasteiger partial charge >= 0.3 is 5.97 Å². The minimum absolute atomic E-state index is 0.132. The Balaban J connectivity index is 1.84. The summed E-state index contributed by atoms with van der Waals surface area (Å²) in [6, 6.07) is 6.20. The highest BCUT2D eigenvalue weighted by Gasteiger charge is 2.53. The molecule has 2 aliphatic rings. The van der Waals surface area contributed by atoms with Crippen molar-refractivity contribution in [3.63, 3.8) is 0 Å². The van der Waals surface area contributed by atoms with Gasteiger partial charge in [-0.3, -0.25) is 4.79 Å². The summed E-state index contributed by atoms with van der Waals surface area (Å²) in [6.45, 7) is 0. The SMILES string of the molecule is O=C(O)C1CC2CCC1N2S(=O)(=O)Cc1cccc(Cl)c1. The molecule has 0 amide bonds. The Bertz CT molecular complexity index is 675. The van der Waals surface area contributed by atoms with Crippen LogP contribution in [0.2, 0.25) is 5.02 Å². The van der Waals surface area contributed by atoms with Crippen LogP contribution in [0.15, 0.2) is 24.3 Å². The van der Waals surface area contributed by atoms with Crippen molar-refractivity contribution >= 4 is 27.6 Å². The molecule has 0 aromatic heterocycles. The van der Waals surface area contributed by atoms with Gasteiger partial charge in [-0.15, -0.1) is 0 Å². The number of carbonyl (C=O) groups is 1. The number of rotatable bonds is 4. The van der Waals surface area contributed by atoms with E-state index in [0.29, 0.717) is 23.4 Å². The number of hydrogen-bond acceptors (Lipinski definition) is 3. The molecular weight excluding hydrogens is 314 g/mol. The van der Waals surface area contributed by atoms with Crippen molar-refractivity contribution < 1.29 is 18.3 Å². The van der Waals surface area contributed by atoms with Gasteiger partial charge < -0.3 is 5.11 Å². The average molecular weight is 330 g/mol. The lowest BCUT2D eigenvalue weighted by atomic mass is 9.89. The smallest absolute Gasteiger partial charge is 0.308 e. The first kappa shape index (κ1) is 14.8. The van der Waals surface area contributed by atoms with Gasteiger partial charge in [0.05, 0.1) is 11.7 Å². The fourth-order valence-corrected chi connectivity index (χ4v) is 5.82. The first-order valence-electron chi connectivity index (χ1n) is 6.87. The highest BCUT2D eigenvalue weighted by atomic mass is 35.5. The first-order valence-corrected chi connectivity index (χ1v) is 8.85. The fourth-order valence-electron chi connectivity index (χ4n) is 3.55. The highest BCUT2D eigenvalue weighted by molar-refractivity contribution is 7.88. The molecular formula is C14H16ClNO4S. The Hall–Kier alpha value is -1.11. The number of hydrogen-bond donors (Lipinski definition) is 1. The van der Waals surface area contributed by atoms with Crippen LogP contribution in [-0.4, -0.2) is 35.9 Å². The molecule has 0 aliphatic carbocycles. The molecule has 2 bridgehead atoms. The van der Waals surface area contributed by atoms with Crippen molar-refractivity contribution in [2.24, 2.45) is 5.92 Å². The van der Waals surface area contributed by atoms with Crippen LogP contribution < -0.4 is 0 Å². The Morgan fingerprint density at radius 2 is 2.14 bits per heavy atom. The lowest BCUT2D eigenvalue weighted by Crippen LogP contribution is -2.38. The molecule has 21 heavy (non-hydrogen) atoms. The zero-order valence-corrected chi connectivity index (χ0v) is 12.8. The summed E-state index contributed by atoms with van der Waals surface area (Å²) in [5, 5.41) is 9.70. The molecule has 2 aliphatic heterocycles. The van der Waals surface area contributed by atoms with Gasteiger partial charge in [-0.2, -0.15) is 4.31 Å². The molecule has 5 nitrogen and oxygen atoms in total. The largest absolute Gasteiger partial charge is 0.481 e. The third-order valence-corrected chi connectivity index (χ3v) is 6.49. The maximum atomic E-state index is 12.6. The summed E-state index contributed by atoms with van der Waals surface area (Å²) in [7, 11) is -3.52. The van der Waals surface area contributed by atoms with Gasteiger partial charge in [-0.25, -0.2) is 8.42 Å². The third-order valence-electron chi connectivity index (χ3n) is 4.35. The number of carboxylic acid groups (broad SMARTS) is 1. The van der Waals surface area contributed by atoms with E-state index in [4.69, 9.17) is 11.6 Å². The van der Waals surface area contributed by atoms with Crippen molar-refractivity contribution in [2.45, 2.75) is 37.1 Å². The molecule has 2 heterocycles. The minimum Gasteiger partial charge on any atom is -0.481 e. The number of halogens is 1.